The molecule has 4 rings (SSSR count). The van der Waals surface area contributed by atoms with Crippen molar-refractivity contribution < 1.29 is 8.42 Å². The highest BCUT2D eigenvalue weighted by atomic mass is 32.2. The molecule has 1 aliphatic heterocycles. The minimum atomic E-state index is -3.26. The van der Waals surface area contributed by atoms with Crippen LogP contribution in [0.15, 0.2) is 53.9 Å². The van der Waals surface area contributed by atoms with Gasteiger partial charge in [0.2, 0.25) is 10.0 Å². The number of thiazole rings is 1. The van der Waals surface area contributed by atoms with Crippen LogP contribution in [-0.4, -0.2) is 25.7 Å². The molecule has 0 spiro atoms. The molecule has 1 aromatic heterocycles. The van der Waals surface area contributed by atoms with Crippen molar-refractivity contribution in [3.63, 3.8) is 0 Å². The van der Waals surface area contributed by atoms with E-state index in [0.29, 0.717) is 0 Å². The van der Waals surface area contributed by atoms with Gasteiger partial charge in [-0.05, 0) is 43.2 Å². The molecule has 0 radical (unpaired) electrons. The molecule has 1 atom stereocenters. The molecular weight excluding hydrogens is 366 g/mol. The molecular formula is C19H19N3O2S2. The van der Waals surface area contributed by atoms with Crippen LogP contribution in [0.4, 0.5) is 16.5 Å². The lowest BCUT2D eigenvalue weighted by Crippen LogP contribution is -2.34. The van der Waals surface area contributed by atoms with Gasteiger partial charge in [0.1, 0.15) is 0 Å². The SMILES string of the molecule is CC1Cc2cc(-c3csc(Nc4ccccc4)n3)ccc2N1S(C)(=O)=O. The number of hydrogen-bond acceptors (Lipinski definition) is 5. The normalized spacial score (nSPS) is 16.5. The molecule has 5 nitrogen and oxygen atoms in total. The van der Waals surface area contributed by atoms with Crippen LogP contribution in [0.3, 0.4) is 0 Å². The third kappa shape index (κ3) is 3.20. The number of anilines is 3. The second kappa shape index (κ2) is 6.41. The number of fused-ring (bicyclic) bond motifs is 1. The lowest BCUT2D eigenvalue weighted by Gasteiger charge is -2.21. The maximum atomic E-state index is 12.0. The van der Waals surface area contributed by atoms with Crippen molar-refractivity contribution in [2.45, 2.75) is 19.4 Å². The molecule has 1 unspecified atom stereocenters. The van der Waals surface area contributed by atoms with Crippen LogP contribution in [0.1, 0.15) is 12.5 Å². The van der Waals surface area contributed by atoms with Crippen LogP contribution < -0.4 is 9.62 Å². The van der Waals surface area contributed by atoms with Crippen molar-refractivity contribution in [3.05, 3.63) is 59.5 Å². The van der Waals surface area contributed by atoms with Crippen molar-refractivity contribution in [1.29, 1.82) is 0 Å². The van der Waals surface area contributed by atoms with Crippen LogP contribution >= 0.6 is 11.3 Å². The summed E-state index contributed by atoms with van der Waals surface area (Å²) >= 11 is 1.55. The Balaban J connectivity index is 1.62. The van der Waals surface area contributed by atoms with E-state index in [0.717, 1.165) is 39.7 Å². The average Bonchev–Trinajstić information content (AvgIpc) is 3.17. The minimum absolute atomic E-state index is 0.0546. The zero-order valence-corrected chi connectivity index (χ0v) is 16.1. The zero-order chi connectivity index (χ0) is 18.3. The van der Waals surface area contributed by atoms with Crippen LogP contribution in [0.2, 0.25) is 0 Å². The van der Waals surface area contributed by atoms with Crippen molar-refractivity contribution in [3.8, 4) is 11.3 Å². The Morgan fingerprint density at radius 2 is 1.96 bits per heavy atom. The fourth-order valence-electron chi connectivity index (χ4n) is 3.38. The number of nitrogens with zero attached hydrogens (tertiary/aromatic N) is 2. The third-order valence-electron chi connectivity index (χ3n) is 4.41. The first kappa shape index (κ1) is 17.1. The standard InChI is InChI=1S/C19H19N3O2S2/c1-13-10-15-11-14(8-9-18(15)22(13)26(2,23)24)17-12-25-19(21-17)20-16-6-4-3-5-7-16/h3-9,11-13H,10H2,1-2H3,(H,20,21). The smallest absolute Gasteiger partial charge is 0.232 e. The van der Waals surface area contributed by atoms with Crippen molar-refractivity contribution in [1.82, 2.24) is 4.98 Å². The molecule has 0 amide bonds. The molecule has 0 saturated heterocycles. The fraction of sp³-hybridized carbons (Fsp3) is 0.211. The Bertz CT molecular complexity index is 1050. The summed E-state index contributed by atoms with van der Waals surface area (Å²) in [6.07, 6.45) is 1.98. The highest BCUT2D eigenvalue weighted by Gasteiger charge is 2.32. The van der Waals surface area contributed by atoms with Gasteiger partial charge >= 0.3 is 0 Å². The van der Waals surface area contributed by atoms with Gasteiger partial charge in [0.15, 0.2) is 5.13 Å². The third-order valence-corrected chi connectivity index (χ3v) is 6.44. The van der Waals surface area contributed by atoms with Crippen LogP contribution in [-0.2, 0) is 16.4 Å². The van der Waals surface area contributed by atoms with E-state index >= 15 is 0 Å². The predicted molar refractivity (Wildman–Crippen MR) is 108 cm³/mol. The number of sulfonamides is 1. The van der Waals surface area contributed by atoms with E-state index in [1.54, 1.807) is 11.3 Å². The average molecular weight is 386 g/mol. The lowest BCUT2D eigenvalue weighted by molar-refractivity contribution is 0.590. The number of para-hydroxylation sites is 1. The van der Waals surface area contributed by atoms with Gasteiger partial charge in [0.05, 0.1) is 17.6 Å². The highest BCUT2D eigenvalue weighted by molar-refractivity contribution is 7.92. The summed E-state index contributed by atoms with van der Waals surface area (Å²) in [4.78, 5) is 4.66. The maximum absolute atomic E-state index is 12.0. The van der Waals surface area contributed by atoms with E-state index in [1.165, 1.54) is 10.6 Å². The minimum Gasteiger partial charge on any atom is -0.332 e. The van der Waals surface area contributed by atoms with E-state index in [2.05, 4.69) is 16.4 Å². The summed E-state index contributed by atoms with van der Waals surface area (Å²) in [5, 5.41) is 6.15. The van der Waals surface area contributed by atoms with E-state index in [4.69, 9.17) is 0 Å². The molecule has 2 heterocycles. The van der Waals surface area contributed by atoms with Crippen molar-refractivity contribution >= 4 is 37.9 Å². The first-order valence-corrected chi connectivity index (χ1v) is 11.0. The van der Waals surface area contributed by atoms with Gasteiger partial charge in [-0.1, -0.05) is 24.3 Å². The second-order valence-electron chi connectivity index (χ2n) is 6.48. The topological polar surface area (TPSA) is 62.3 Å². The largest absolute Gasteiger partial charge is 0.332 e. The van der Waals surface area contributed by atoms with Gasteiger partial charge in [-0.3, -0.25) is 4.31 Å². The molecule has 1 N–H and O–H groups in total. The maximum Gasteiger partial charge on any atom is 0.232 e. The quantitative estimate of drug-likeness (QED) is 0.729. The number of aromatic nitrogens is 1. The number of hydrogen-bond donors (Lipinski definition) is 1. The van der Waals surface area contributed by atoms with Gasteiger partial charge in [-0.25, -0.2) is 13.4 Å². The number of nitrogens with one attached hydrogen (secondary N) is 1. The Morgan fingerprint density at radius 1 is 1.19 bits per heavy atom. The number of rotatable bonds is 4. The molecule has 1 aliphatic rings. The monoisotopic (exact) mass is 385 g/mol. The molecule has 0 aliphatic carbocycles. The van der Waals surface area contributed by atoms with Gasteiger partial charge in [-0.15, -0.1) is 11.3 Å². The van der Waals surface area contributed by atoms with Crippen LogP contribution in [0.25, 0.3) is 11.3 Å². The van der Waals surface area contributed by atoms with Crippen LogP contribution in [0.5, 0.6) is 0 Å². The summed E-state index contributed by atoms with van der Waals surface area (Å²) in [5.41, 5.74) is 4.72. The van der Waals surface area contributed by atoms with Crippen LogP contribution in [0, 0.1) is 0 Å². The molecule has 0 bridgehead atoms. The zero-order valence-electron chi connectivity index (χ0n) is 14.5. The van der Waals surface area contributed by atoms with Gasteiger partial charge in [0.25, 0.3) is 0 Å². The summed E-state index contributed by atoms with van der Waals surface area (Å²) in [6.45, 7) is 1.94. The molecule has 7 heteroatoms. The van der Waals surface area contributed by atoms with Crippen molar-refractivity contribution in [2.24, 2.45) is 0 Å². The Kier molecular flexibility index (Phi) is 4.20. The van der Waals surface area contributed by atoms with E-state index < -0.39 is 10.0 Å². The molecule has 0 saturated carbocycles. The molecule has 134 valence electrons. The lowest BCUT2D eigenvalue weighted by atomic mass is 10.1. The highest BCUT2D eigenvalue weighted by Crippen LogP contribution is 2.37. The van der Waals surface area contributed by atoms with Gasteiger partial charge in [-0.2, -0.15) is 0 Å². The predicted octanol–water partition coefficient (Wildman–Crippen LogP) is 4.26. The Morgan fingerprint density at radius 3 is 2.69 bits per heavy atom. The summed E-state index contributed by atoms with van der Waals surface area (Å²) in [7, 11) is -3.26. The van der Waals surface area contributed by atoms with E-state index in [-0.39, 0.29) is 6.04 Å². The molecule has 0 fully saturated rings. The fourth-order valence-corrected chi connectivity index (χ4v) is 5.38. The summed E-state index contributed by atoms with van der Waals surface area (Å²) in [6, 6.07) is 15.8. The summed E-state index contributed by atoms with van der Waals surface area (Å²) < 4.78 is 25.6. The van der Waals surface area contributed by atoms with Gasteiger partial charge < -0.3 is 5.32 Å². The molecule has 3 aromatic rings. The molecule has 2 aromatic carbocycles. The number of benzene rings is 2. The first-order valence-electron chi connectivity index (χ1n) is 8.32. The first-order chi connectivity index (χ1) is 12.4. The van der Waals surface area contributed by atoms with E-state index in [1.807, 2.05) is 54.8 Å². The Hall–Kier alpha value is -2.38. The summed E-state index contributed by atoms with van der Waals surface area (Å²) in [5.74, 6) is 0. The second-order valence-corrected chi connectivity index (χ2v) is 9.20. The van der Waals surface area contributed by atoms with Crippen molar-refractivity contribution in [2.75, 3.05) is 15.9 Å². The molecule has 26 heavy (non-hydrogen) atoms. The van der Waals surface area contributed by atoms with E-state index in [9.17, 15) is 8.42 Å². The van der Waals surface area contributed by atoms with Gasteiger partial charge in [0, 0.05) is 22.7 Å². The Labute approximate surface area is 157 Å².